The monoisotopic (exact) mass is 645 g/mol. The number of aryl methyl sites for hydroxylation is 1. The molecular weight excluding hydrogens is 610 g/mol. The van der Waals surface area contributed by atoms with Crippen LogP contribution >= 0.6 is 0 Å². The van der Waals surface area contributed by atoms with Gasteiger partial charge in [-0.05, 0) is 25.0 Å². The Morgan fingerprint density at radius 2 is 1.31 bits per heavy atom. The number of carboxylic acids is 4. The Balaban J connectivity index is 0.000000392. The highest BCUT2D eigenvalue weighted by Gasteiger charge is 2.34. The van der Waals surface area contributed by atoms with Crippen molar-refractivity contribution in [2.75, 3.05) is 44.2 Å². The second-order valence-corrected chi connectivity index (χ2v) is 12.6. The van der Waals surface area contributed by atoms with Crippen molar-refractivity contribution >= 4 is 50.4 Å². The van der Waals surface area contributed by atoms with E-state index in [0.29, 0.717) is 12.3 Å². The summed E-state index contributed by atoms with van der Waals surface area (Å²) in [5.74, 6) is -6.56. The zero-order valence-electron chi connectivity index (χ0n) is 24.5. The normalized spacial score (nSPS) is 17.8. The number of piperazine rings is 1. The number of rotatable bonds is 6. The lowest BCUT2D eigenvalue weighted by atomic mass is 10.0. The number of para-hydroxylation sites is 1. The minimum atomic E-state index is -2.88. The molecule has 2 aliphatic heterocycles. The van der Waals surface area contributed by atoms with E-state index in [9.17, 15) is 13.2 Å². The molecule has 3 aromatic rings. The van der Waals surface area contributed by atoms with Crippen LogP contribution in [0.15, 0.2) is 54.6 Å². The molecule has 15 heteroatoms. The van der Waals surface area contributed by atoms with Gasteiger partial charge in [0.1, 0.15) is 0 Å². The number of carbonyl (C=O) groups excluding carboxylic acids is 1. The highest BCUT2D eigenvalue weighted by Crippen LogP contribution is 2.34. The van der Waals surface area contributed by atoms with Gasteiger partial charge < -0.3 is 25.0 Å². The highest BCUT2D eigenvalue weighted by atomic mass is 32.2. The van der Waals surface area contributed by atoms with E-state index in [0.717, 1.165) is 66.9 Å². The van der Waals surface area contributed by atoms with Gasteiger partial charge in [0, 0.05) is 49.7 Å². The van der Waals surface area contributed by atoms with Gasteiger partial charge in [-0.3, -0.25) is 14.6 Å². The topological polar surface area (TPSA) is 212 Å². The van der Waals surface area contributed by atoms with Gasteiger partial charge in [-0.1, -0.05) is 48.5 Å². The second-order valence-electron chi connectivity index (χ2n) is 10.4. The summed E-state index contributed by atoms with van der Waals surface area (Å²) in [5.41, 5.74) is 3.96. The van der Waals surface area contributed by atoms with Crippen molar-refractivity contribution in [1.29, 1.82) is 0 Å². The molecule has 14 nitrogen and oxygen atoms in total. The van der Waals surface area contributed by atoms with Crippen LogP contribution < -0.4 is 0 Å². The Bertz CT molecular complexity index is 1610. The number of aromatic nitrogens is 1. The number of hydrogen-bond acceptors (Lipinski definition) is 9. The van der Waals surface area contributed by atoms with Crippen molar-refractivity contribution in [3.8, 4) is 11.3 Å². The first-order chi connectivity index (χ1) is 21.3. The number of carboxylic acid groups (broad SMARTS) is 4. The first-order valence-electron chi connectivity index (χ1n) is 14.0. The summed E-state index contributed by atoms with van der Waals surface area (Å²) >= 11 is 0. The molecule has 0 radical (unpaired) electrons. The summed E-state index contributed by atoms with van der Waals surface area (Å²) < 4.78 is 25.9. The number of carbonyl (C=O) groups is 5. The van der Waals surface area contributed by atoms with E-state index in [1.807, 2.05) is 30.3 Å². The molecule has 2 saturated heterocycles. The molecule has 2 fully saturated rings. The number of hydrogen-bond donors (Lipinski definition) is 4. The molecule has 2 aliphatic rings. The number of benzene rings is 2. The molecule has 45 heavy (non-hydrogen) atoms. The van der Waals surface area contributed by atoms with Crippen molar-refractivity contribution in [3.63, 3.8) is 0 Å². The fraction of sp³-hybridized carbons (Fsp3) is 0.367. The number of aliphatic carboxylic acids is 4. The third-order valence-electron chi connectivity index (χ3n) is 7.48. The summed E-state index contributed by atoms with van der Waals surface area (Å²) in [6, 6.07) is 18.5. The van der Waals surface area contributed by atoms with Gasteiger partial charge >= 0.3 is 23.9 Å². The van der Waals surface area contributed by atoms with Gasteiger partial charge in [0.05, 0.1) is 29.3 Å². The quantitative estimate of drug-likeness (QED) is 0.222. The lowest BCUT2D eigenvalue weighted by molar-refractivity contribution is -0.159. The van der Waals surface area contributed by atoms with E-state index in [2.05, 4.69) is 45.6 Å². The lowest BCUT2D eigenvalue weighted by Crippen LogP contribution is -2.51. The van der Waals surface area contributed by atoms with Crippen LogP contribution in [0.25, 0.3) is 22.2 Å². The molecule has 0 amide bonds. The fourth-order valence-electron chi connectivity index (χ4n) is 5.44. The van der Waals surface area contributed by atoms with E-state index in [4.69, 9.17) is 39.6 Å². The van der Waals surface area contributed by atoms with Gasteiger partial charge in [-0.25, -0.2) is 27.6 Å². The summed E-state index contributed by atoms with van der Waals surface area (Å²) in [6.07, 6.45) is 0.734. The SMILES string of the molecule is CCn1c(-c2ccccc2)c(C(=O)CN2CCN(C3CCS(=O)(=O)C3)CC2)c2ccccc21.O=C(O)C(=O)O.O=C(O)C(=O)O. The van der Waals surface area contributed by atoms with Crippen LogP contribution in [0.5, 0.6) is 0 Å². The van der Waals surface area contributed by atoms with Crippen LogP contribution in [-0.2, 0) is 35.6 Å². The minimum Gasteiger partial charge on any atom is -0.473 e. The van der Waals surface area contributed by atoms with Crippen LogP contribution in [0.3, 0.4) is 0 Å². The third kappa shape index (κ3) is 9.20. The molecule has 1 atom stereocenters. The molecule has 0 bridgehead atoms. The Labute approximate surface area is 259 Å². The fourth-order valence-corrected chi connectivity index (χ4v) is 7.20. The number of ketones is 1. The van der Waals surface area contributed by atoms with E-state index in [1.165, 1.54) is 0 Å². The average Bonchev–Trinajstić information content (AvgIpc) is 3.55. The van der Waals surface area contributed by atoms with E-state index in [-0.39, 0.29) is 17.6 Å². The van der Waals surface area contributed by atoms with Crippen LogP contribution in [0.4, 0.5) is 0 Å². The van der Waals surface area contributed by atoms with Gasteiger partial charge in [0.25, 0.3) is 0 Å². The molecule has 0 saturated carbocycles. The third-order valence-corrected chi connectivity index (χ3v) is 9.23. The largest absolute Gasteiger partial charge is 0.473 e. The highest BCUT2D eigenvalue weighted by molar-refractivity contribution is 7.91. The number of sulfone groups is 1. The predicted molar refractivity (Wildman–Crippen MR) is 163 cm³/mol. The van der Waals surface area contributed by atoms with Crippen LogP contribution in [0.2, 0.25) is 0 Å². The molecule has 1 unspecified atom stereocenters. The van der Waals surface area contributed by atoms with Gasteiger partial charge in [-0.15, -0.1) is 0 Å². The summed E-state index contributed by atoms with van der Waals surface area (Å²) in [6.45, 7) is 6.50. The number of nitrogens with zero attached hydrogens (tertiary/aromatic N) is 3. The Hall–Kier alpha value is -4.60. The van der Waals surface area contributed by atoms with Crippen LogP contribution in [-0.4, -0.2) is 123 Å². The van der Waals surface area contributed by atoms with E-state index in [1.54, 1.807) is 0 Å². The zero-order chi connectivity index (χ0) is 33.3. The molecule has 242 valence electrons. The van der Waals surface area contributed by atoms with Crippen molar-refractivity contribution in [1.82, 2.24) is 14.4 Å². The molecule has 4 N–H and O–H groups in total. The minimum absolute atomic E-state index is 0.139. The van der Waals surface area contributed by atoms with Crippen molar-refractivity contribution in [2.24, 2.45) is 0 Å². The molecule has 0 spiro atoms. The van der Waals surface area contributed by atoms with Crippen molar-refractivity contribution < 1.29 is 52.8 Å². The number of fused-ring (bicyclic) bond motifs is 1. The Morgan fingerprint density at radius 3 is 1.80 bits per heavy atom. The second kappa shape index (κ2) is 15.4. The summed E-state index contributed by atoms with van der Waals surface area (Å²) in [4.78, 5) is 54.6. The maximum absolute atomic E-state index is 13.7. The lowest BCUT2D eigenvalue weighted by Gasteiger charge is -2.37. The molecule has 0 aliphatic carbocycles. The summed E-state index contributed by atoms with van der Waals surface area (Å²) in [5, 5.41) is 30.6. The van der Waals surface area contributed by atoms with E-state index < -0.39 is 33.7 Å². The first-order valence-corrected chi connectivity index (χ1v) is 15.9. The molecule has 1 aromatic heterocycles. The number of Topliss-reactive ketones (excluding diaryl/α,β-unsaturated/α-hetero) is 1. The standard InChI is InChI=1S/C26H31N3O3S.2C2H2O4/c1-2-29-23-11-7-6-10-22(23)25(26(29)20-8-4-3-5-9-20)24(30)18-27-13-15-28(16-14-27)21-12-17-33(31,32)19-21;2*3-1(4)2(5)6/h3-11,21H,2,12-19H2,1H3;2*(H,3,4)(H,5,6). The van der Waals surface area contributed by atoms with Gasteiger partial charge in [-0.2, -0.15) is 0 Å². The zero-order valence-corrected chi connectivity index (χ0v) is 25.4. The van der Waals surface area contributed by atoms with Gasteiger partial charge in [0.2, 0.25) is 0 Å². The Morgan fingerprint density at radius 1 is 0.778 bits per heavy atom. The molecule has 2 aromatic carbocycles. The average molecular weight is 646 g/mol. The molecular formula is C30H35N3O11S. The maximum Gasteiger partial charge on any atom is 0.414 e. The Kier molecular flexibility index (Phi) is 11.9. The molecule has 5 rings (SSSR count). The smallest absolute Gasteiger partial charge is 0.414 e. The van der Waals surface area contributed by atoms with Crippen LogP contribution in [0.1, 0.15) is 23.7 Å². The maximum atomic E-state index is 13.7. The first kappa shape index (κ1) is 34.9. The predicted octanol–water partition coefficient (Wildman–Crippen LogP) is 1.63. The van der Waals surface area contributed by atoms with Crippen molar-refractivity contribution in [2.45, 2.75) is 25.9 Å². The van der Waals surface area contributed by atoms with Crippen LogP contribution in [0, 0.1) is 0 Å². The van der Waals surface area contributed by atoms with Gasteiger partial charge in [0.15, 0.2) is 15.6 Å². The van der Waals surface area contributed by atoms with E-state index >= 15 is 0 Å². The molecule has 3 heterocycles. The van der Waals surface area contributed by atoms with Crippen molar-refractivity contribution in [3.05, 3.63) is 60.2 Å². The summed E-state index contributed by atoms with van der Waals surface area (Å²) in [7, 11) is -2.88.